The molecule has 1 aromatic rings. The molecule has 14 heavy (non-hydrogen) atoms. The minimum atomic E-state index is -0.352. The normalized spacial score (nSPS) is 21.6. The van der Waals surface area contributed by atoms with Crippen LogP contribution >= 0.6 is 0 Å². The highest BCUT2D eigenvalue weighted by atomic mass is 16.5. The van der Waals surface area contributed by atoms with Crippen molar-refractivity contribution in [1.82, 2.24) is 10.1 Å². The average Bonchev–Trinajstić information content (AvgIpc) is 2.62. The zero-order valence-electron chi connectivity index (χ0n) is 8.36. The van der Waals surface area contributed by atoms with Crippen molar-refractivity contribution in [3.63, 3.8) is 0 Å². The van der Waals surface area contributed by atoms with Crippen LogP contribution in [0.5, 0.6) is 0 Å². The van der Waals surface area contributed by atoms with Crippen molar-refractivity contribution in [2.75, 3.05) is 0 Å². The summed E-state index contributed by atoms with van der Waals surface area (Å²) < 4.78 is 5.07. The van der Waals surface area contributed by atoms with E-state index in [9.17, 15) is 0 Å². The van der Waals surface area contributed by atoms with Crippen LogP contribution in [0.15, 0.2) is 4.52 Å². The second kappa shape index (κ2) is 3.33. The smallest absolute Gasteiger partial charge is 0.243 e. The lowest BCUT2D eigenvalue weighted by molar-refractivity contribution is 0.228. The van der Waals surface area contributed by atoms with Gasteiger partial charge in [0.05, 0.1) is 11.6 Å². The number of hydrogen-bond acceptors (Lipinski definition) is 5. The van der Waals surface area contributed by atoms with E-state index in [4.69, 9.17) is 16.0 Å². The molecule has 1 heterocycles. The molecule has 0 amide bonds. The van der Waals surface area contributed by atoms with Gasteiger partial charge < -0.3 is 16.0 Å². The predicted molar refractivity (Wildman–Crippen MR) is 51.2 cm³/mol. The fraction of sp³-hybridized carbons (Fsp3) is 0.778. The lowest BCUT2D eigenvalue weighted by Gasteiger charge is -2.34. The highest BCUT2D eigenvalue weighted by Crippen LogP contribution is 2.37. The van der Waals surface area contributed by atoms with Crippen molar-refractivity contribution in [2.24, 2.45) is 11.5 Å². The van der Waals surface area contributed by atoms with Crippen molar-refractivity contribution in [3.05, 3.63) is 11.7 Å². The zero-order valence-corrected chi connectivity index (χ0v) is 8.36. The summed E-state index contributed by atoms with van der Waals surface area (Å²) in [5, 5.41) is 3.89. The molecule has 2 rings (SSSR count). The minimum Gasteiger partial charge on any atom is -0.338 e. The third kappa shape index (κ3) is 1.42. The third-order valence-corrected chi connectivity index (χ3v) is 2.89. The maximum absolute atomic E-state index is 6.05. The molecule has 1 aliphatic carbocycles. The predicted octanol–water partition coefficient (Wildman–Crippen LogP) is 0.817. The number of hydrogen-bond donors (Lipinski definition) is 2. The van der Waals surface area contributed by atoms with Gasteiger partial charge in [-0.15, -0.1) is 0 Å². The van der Waals surface area contributed by atoms with E-state index in [1.165, 1.54) is 0 Å². The summed E-state index contributed by atoms with van der Waals surface area (Å²) in [5.74, 6) is 1.11. The van der Waals surface area contributed by atoms with Crippen LogP contribution in [-0.2, 0) is 5.54 Å². The zero-order chi connectivity index (χ0) is 10.2. The first-order valence-corrected chi connectivity index (χ1v) is 5.04. The lowest BCUT2D eigenvalue weighted by Crippen LogP contribution is -2.44. The SMILES string of the molecule is CC[C@H](N)c1nc(C2(N)CCC2)no1. The summed E-state index contributed by atoms with van der Waals surface area (Å²) in [7, 11) is 0. The van der Waals surface area contributed by atoms with Crippen molar-refractivity contribution < 1.29 is 4.52 Å². The van der Waals surface area contributed by atoms with E-state index in [-0.39, 0.29) is 11.6 Å². The Kier molecular flexibility index (Phi) is 2.28. The Labute approximate surface area is 82.8 Å². The van der Waals surface area contributed by atoms with Crippen molar-refractivity contribution in [3.8, 4) is 0 Å². The van der Waals surface area contributed by atoms with E-state index in [0.29, 0.717) is 11.7 Å². The average molecular weight is 196 g/mol. The molecular formula is C9H16N4O. The maximum atomic E-state index is 6.05. The molecule has 5 heteroatoms. The van der Waals surface area contributed by atoms with Gasteiger partial charge in [-0.2, -0.15) is 4.98 Å². The van der Waals surface area contributed by atoms with Crippen LogP contribution < -0.4 is 11.5 Å². The van der Waals surface area contributed by atoms with Gasteiger partial charge in [0.25, 0.3) is 0 Å². The summed E-state index contributed by atoms with van der Waals surface area (Å²) in [5.41, 5.74) is 11.5. The van der Waals surface area contributed by atoms with Gasteiger partial charge >= 0.3 is 0 Å². The van der Waals surface area contributed by atoms with Crippen molar-refractivity contribution in [2.45, 2.75) is 44.2 Å². The molecule has 1 aromatic heterocycles. The third-order valence-electron chi connectivity index (χ3n) is 2.89. The molecule has 0 saturated heterocycles. The Balaban J connectivity index is 2.17. The van der Waals surface area contributed by atoms with Crippen molar-refractivity contribution in [1.29, 1.82) is 0 Å². The molecular weight excluding hydrogens is 180 g/mol. The maximum Gasteiger partial charge on any atom is 0.243 e. The molecule has 4 N–H and O–H groups in total. The van der Waals surface area contributed by atoms with Gasteiger partial charge in [0.15, 0.2) is 5.82 Å². The molecule has 1 saturated carbocycles. The van der Waals surface area contributed by atoms with Gasteiger partial charge in [-0.05, 0) is 25.7 Å². The topological polar surface area (TPSA) is 91.0 Å². The van der Waals surface area contributed by atoms with Crippen LogP contribution in [0, 0.1) is 0 Å². The lowest BCUT2D eigenvalue weighted by atomic mass is 9.77. The summed E-state index contributed by atoms with van der Waals surface area (Å²) in [6, 6.07) is -0.167. The van der Waals surface area contributed by atoms with E-state index >= 15 is 0 Å². The van der Waals surface area contributed by atoms with Gasteiger partial charge in [-0.25, -0.2) is 0 Å². The van der Waals surface area contributed by atoms with Crippen LogP contribution in [0.3, 0.4) is 0 Å². The Bertz CT molecular complexity index is 318. The largest absolute Gasteiger partial charge is 0.338 e. The standard InChI is InChI=1S/C9H16N4O/c1-2-6(10)7-12-8(13-14-7)9(11)4-3-5-9/h6H,2-5,10-11H2,1H3/t6-/m0/s1. The first kappa shape index (κ1) is 9.61. The number of rotatable bonds is 3. The molecule has 1 atom stereocenters. The molecule has 0 radical (unpaired) electrons. The number of aromatic nitrogens is 2. The molecule has 1 fully saturated rings. The molecule has 78 valence electrons. The fourth-order valence-corrected chi connectivity index (χ4v) is 1.54. The van der Waals surface area contributed by atoms with E-state index in [0.717, 1.165) is 25.7 Å². The fourth-order valence-electron chi connectivity index (χ4n) is 1.54. The molecule has 0 aliphatic heterocycles. The highest BCUT2D eigenvalue weighted by Gasteiger charge is 2.39. The van der Waals surface area contributed by atoms with Crippen LogP contribution in [0.25, 0.3) is 0 Å². The molecule has 0 aromatic carbocycles. The summed E-state index contributed by atoms with van der Waals surface area (Å²) in [6.45, 7) is 1.98. The monoisotopic (exact) mass is 196 g/mol. The van der Waals surface area contributed by atoms with Crippen LogP contribution in [0.4, 0.5) is 0 Å². The Hall–Kier alpha value is -0.940. The number of nitrogens with zero attached hydrogens (tertiary/aromatic N) is 2. The summed E-state index contributed by atoms with van der Waals surface area (Å²) in [4.78, 5) is 4.25. The first-order chi connectivity index (χ1) is 6.65. The van der Waals surface area contributed by atoms with E-state index in [1.54, 1.807) is 0 Å². The van der Waals surface area contributed by atoms with Crippen LogP contribution in [-0.4, -0.2) is 10.1 Å². The van der Waals surface area contributed by atoms with Gasteiger partial charge in [-0.1, -0.05) is 12.1 Å². The second-order valence-electron chi connectivity index (χ2n) is 3.98. The van der Waals surface area contributed by atoms with E-state index in [2.05, 4.69) is 10.1 Å². The van der Waals surface area contributed by atoms with Crippen molar-refractivity contribution >= 4 is 0 Å². The van der Waals surface area contributed by atoms with Gasteiger partial charge in [0.1, 0.15) is 0 Å². The Morgan fingerprint density at radius 1 is 1.57 bits per heavy atom. The highest BCUT2D eigenvalue weighted by molar-refractivity contribution is 5.09. The minimum absolute atomic E-state index is 0.167. The molecule has 5 nitrogen and oxygen atoms in total. The molecule has 0 spiro atoms. The molecule has 0 unspecified atom stereocenters. The number of nitrogens with two attached hydrogens (primary N) is 2. The Morgan fingerprint density at radius 2 is 2.29 bits per heavy atom. The van der Waals surface area contributed by atoms with E-state index in [1.807, 2.05) is 6.92 Å². The Morgan fingerprint density at radius 3 is 2.79 bits per heavy atom. The quantitative estimate of drug-likeness (QED) is 0.746. The van der Waals surface area contributed by atoms with Crippen LogP contribution in [0.1, 0.15) is 50.4 Å². The summed E-state index contributed by atoms with van der Waals surface area (Å²) in [6.07, 6.45) is 3.81. The second-order valence-corrected chi connectivity index (χ2v) is 3.98. The van der Waals surface area contributed by atoms with E-state index < -0.39 is 0 Å². The molecule has 0 bridgehead atoms. The van der Waals surface area contributed by atoms with Crippen LogP contribution in [0.2, 0.25) is 0 Å². The van der Waals surface area contributed by atoms with Gasteiger partial charge in [-0.3, -0.25) is 0 Å². The molecule has 1 aliphatic rings. The summed E-state index contributed by atoms with van der Waals surface area (Å²) >= 11 is 0. The van der Waals surface area contributed by atoms with Gasteiger partial charge in [0, 0.05) is 0 Å². The first-order valence-electron chi connectivity index (χ1n) is 5.04. The van der Waals surface area contributed by atoms with Gasteiger partial charge in [0.2, 0.25) is 5.89 Å².